The molecule has 0 saturated carbocycles. The largest absolute Gasteiger partial charge is 0.398 e. The van der Waals surface area contributed by atoms with Crippen LogP contribution in [0.1, 0.15) is 11.6 Å². The quantitative estimate of drug-likeness (QED) is 0.664. The first kappa shape index (κ1) is 13.5. The van der Waals surface area contributed by atoms with Crippen LogP contribution in [-0.2, 0) is 0 Å². The third kappa shape index (κ3) is 3.51. The van der Waals surface area contributed by atoms with E-state index < -0.39 is 0 Å². The zero-order valence-corrected chi connectivity index (χ0v) is 12.2. The topological polar surface area (TPSA) is 52.0 Å². The predicted octanol–water partition coefficient (Wildman–Crippen LogP) is 3.82. The number of nitrogens with two attached hydrogens (primary N) is 2. The van der Waals surface area contributed by atoms with Crippen LogP contribution in [0.2, 0.25) is 0 Å². The maximum atomic E-state index is 6.16. The molecule has 0 saturated heterocycles. The highest BCUT2D eigenvalue weighted by Gasteiger charge is 2.08. The average molecular weight is 323 g/mol. The Balaban J connectivity index is 2.01. The van der Waals surface area contributed by atoms with E-state index in [-0.39, 0.29) is 6.04 Å². The molecular formula is C14H15BrN2S. The highest BCUT2D eigenvalue weighted by atomic mass is 79.9. The van der Waals surface area contributed by atoms with Gasteiger partial charge in [0.1, 0.15) is 0 Å². The molecule has 2 aromatic carbocycles. The van der Waals surface area contributed by atoms with E-state index >= 15 is 0 Å². The maximum absolute atomic E-state index is 6.16. The van der Waals surface area contributed by atoms with Crippen molar-refractivity contribution in [2.24, 2.45) is 5.73 Å². The monoisotopic (exact) mass is 322 g/mol. The van der Waals surface area contributed by atoms with E-state index in [1.807, 2.05) is 36.4 Å². The van der Waals surface area contributed by atoms with Crippen molar-refractivity contribution in [2.45, 2.75) is 10.9 Å². The molecule has 2 rings (SSSR count). The molecule has 0 aromatic heterocycles. The fraction of sp³-hybridized carbons (Fsp3) is 0.143. The van der Waals surface area contributed by atoms with Crippen LogP contribution in [0.25, 0.3) is 0 Å². The molecule has 4 heteroatoms. The summed E-state index contributed by atoms with van der Waals surface area (Å²) in [6.07, 6.45) is 0. The Morgan fingerprint density at radius 3 is 2.56 bits per heavy atom. The van der Waals surface area contributed by atoms with Crippen molar-refractivity contribution in [2.75, 3.05) is 11.5 Å². The van der Waals surface area contributed by atoms with Crippen molar-refractivity contribution >= 4 is 33.4 Å². The number of thioether (sulfide) groups is 1. The standard InChI is InChI=1S/C14H15BrN2S/c15-11-6-7-12(16)14(8-11)18-9-13(17)10-4-2-1-3-5-10/h1-8,13H,9,16-17H2. The lowest BCUT2D eigenvalue weighted by molar-refractivity contribution is 0.831. The summed E-state index contributed by atoms with van der Waals surface area (Å²) in [7, 11) is 0. The van der Waals surface area contributed by atoms with Crippen LogP contribution in [0.15, 0.2) is 57.9 Å². The van der Waals surface area contributed by atoms with E-state index in [4.69, 9.17) is 11.5 Å². The van der Waals surface area contributed by atoms with E-state index in [2.05, 4.69) is 28.1 Å². The molecule has 0 bridgehead atoms. The van der Waals surface area contributed by atoms with Gasteiger partial charge in [0.25, 0.3) is 0 Å². The Morgan fingerprint density at radius 2 is 1.83 bits per heavy atom. The van der Waals surface area contributed by atoms with Crippen molar-refractivity contribution < 1.29 is 0 Å². The number of anilines is 1. The molecule has 0 spiro atoms. The number of nitrogen functional groups attached to an aromatic ring is 1. The van der Waals surface area contributed by atoms with E-state index in [0.717, 1.165) is 26.4 Å². The van der Waals surface area contributed by atoms with Crippen LogP contribution >= 0.6 is 27.7 Å². The summed E-state index contributed by atoms with van der Waals surface area (Å²) >= 11 is 5.13. The second-order valence-corrected chi connectivity index (χ2v) is 5.99. The normalized spacial score (nSPS) is 12.3. The Labute approximate surface area is 120 Å². The van der Waals surface area contributed by atoms with Crippen molar-refractivity contribution in [3.8, 4) is 0 Å². The summed E-state index contributed by atoms with van der Waals surface area (Å²) in [6.45, 7) is 0. The Bertz CT molecular complexity index is 516. The minimum Gasteiger partial charge on any atom is -0.398 e. The summed E-state index contributed by atoms with van der Waals surface area (Å²) in [5, 5.41) is 0. The van der Waals surface area contributed by atoms with E-state index in [1.54, 1.807) is 11.8 Å². The van der Waals surface area contributed by atoms with E-state index in [1.165, 1.54) is 0 Å². The SMILES string of the molecule is Nc1ccc(Br)cc1SCC(N)c1ccccc1. The molecule has 0 radical (unpaired) electrons. The van der Waals surface area contributed by atoms with Gasteiger partial charge in [-0.2, -0.15) is 0 Å². The molecule has 18 heavy (non-hydrogen) atoms. The lowest BCUT2D eigenvalue weighted by atomic mass is 10.1. The minimum atomic E-state index is 0.0228. The van der Waals surface area contributed by atoms with Crippen molar-refractivity contribution in [1.29, 1.82) is 0 Å². The Morgan fingerprint density at radius 1 is 1.11 bits per heavy atom. The minimum absolute atomic E-state index is 0.0228. The first-order valence-corrected chi connectivity index (χ1v) is 7.43. The highest BCUT2D eigenvalue weighted by Crippen LogP contribution is 2.30. The molecule has 2 nitrogen and oxygen atoms in total. The van der Waals surface area contributed by atoms with Gasteiger partial charge in [0, 0.05) is 26.9 Å². The molecule has 4 N–H and O–H groups in total. The van der Waals surface area contributed by atoms with Crippen LogP contribution < -0.4 is 11.5 Å². The van der Waals surface area contributed by atoms with E-state index in [0.29, 0.717) is 0 Å². The molecule has 0 aliphatic rings. The van der Waals surface area contributed by atoms with Gasteiger partial charge in [-0.05, 0) is 23.8 Å². The van der Waals surface area contributed by atoms with Gasteiger partial charge in [-0.1, -0.05) is 46.3 Å². The molecule has 1 atom stereocenters. The summed E-state index contributed by atoms with van der Waals surface area (Å²) in [4.78, 5) is 1.07. The Kier molecular flexibility index (Phi) is 4.69. The van der Waals surface area contributed by atoms with Gasteiger partial charge in [-0.15, -0.1) is 11.8 Å². The zero-order valence-electron chi connectivity index (χ0n) is 9.84. The molecule has 0 fully saturated rings. The van der Waals surface area contributed by atoms with Crippen molar-refractivity contribution in [1.82, 2.24) is 0 Å². The van der Waals surface area contributed by atoms with Gasteiger partial charge in [-0.3, -0.25) is 0 Å². The van der Waals surface area contributed by atoms with Gasteiger partial charge in [0.05, 0.1) is 0 Å². The van der Waals surface area contributed by atoms with Crippen LogP contribution in [0.5, 0.6) is 0 Å². The van der Waals surface area contributed by atoms with Crippen LogP contribution in [0, 0.1) is 0 Å². The summed E-state index contributed by atoms with van der Waals surface area (Å²) in [5.74, 6) is 0.810. The molecule has 0 aliphatic carbocycles. The number of hydrogen-bond acceptors (Lipinski definition) is 3. The number of halogens is 1. The number of hydrogen-bond donors (Lipinski definition) is 2. The van der Waals surface area contributed by atoms with Gasteiger partial charge >= 0.3 is 0 Å². The van der Waals surface area contributed by atoms with Gasteiger partial charge in [0.15, 0.2) is 0 Å². The van der Waals surface area contributed by atoms with Crippen LogP contribution in [-0.4, -0.2) is 5.75 Å². The first-order valence-electron chi connectivity index (χ1n) is 5.65. The maximum Gasteiger partial charge on any atom is 0.0453 e. The van der Waals surface area contributed by atoms with E-state index in [9.17, 15) is 0 Å². The molecule has 1 unspecified atom stereocenters. The third-order valence-corrected chi connectivity index (χ3v) is 4.31. The third-order valence-electron chi connectivity index (χ3n) is 2.62. The summed E-state index contributed by atoms with van der Waals surface area (Å²) in [5.41, 5.74) is 14.0. The Hall–Kier alpha value is -0.970. The van der Waals surface area contributed by atoms with Crippen LogP contribution in [0.3, 0.4) is 0 Å². The van der Waals surface area contributed by atoms with Gasteiger partial charge in [-0.25, -0.2) is 0 Å². The smallest absolute Gasteiger partial charge is 0.0453 e. The fourth-order valence-corrected chi connectivity index (χ4v) is 3.12. The number of benzene rings is 2. The van der Waals surface area contributed by atoms with Gasteiger partial charge in [0.2, 0.25) is 0 Å². The van der Waals surface area contributed by atoms with Crippen molar-refractivity contribution in [3.63, 3.8) is 0 Å². The summed E-state index contributed by atoms with van der Waals surface area (Å²) < 4.78 is 1.03. The summed E-state index contributed by atoms with van der Waals surface area (Å²) in [6, 6.07) is 16.0. The first-order chi connectivity index (χ1) is 8.66. The molecule has 94 valence electrons. The second-order valence-electron chi connectivity index (χ2n) is 4.01. The molecule has 0 amide bonds. The van der Waals surface area contributed by atoms with Crippen LogP contribution in [0.4, 0.5) is 5.69 Å². The molecular weight excluding hydrogens is 308 g/mol. The number of rotatable bonds is 4. The van der Waals surface area contributed by atoms with Crippen molar-refractivity contribution in [3.05, 3.63) is 58.6 Å². The molecule has 0 heterocycles. The lowest BCUT2D eigenvalue weighted by Crippen LogP contribution is -2.12. The zero-order chi connectivity index (χ0) is 13.0. The lowest BCUT2D eigenvalue weighted by Gasteiger charge is -2.12. The van der Waals surface area contributed by atoms with Gasteiger partial charge < -0.3 is 11.5 Å². The molecule has 2 aromatic rings. The second kappa shape index (κ2) is 6.27. The molecule has 0 aliphatic heterocycles. The predicted molar refractivity (Wildman–Crippen MR) is 82.6 cm³/mol. The highest BCUT2D eigenvalue weighted by molar-refractivity contribution is 9.10. The fourth-order valence-electron chi connectivity index (χ4n) is 1.61. The average Bonchev–Trinajstić information content (AvgIpc) is 2.40.